The van der Waals surface area contributed by atoms with Crippen molar-refractivity contribution < 1.29 is 13.5 Å². The van der Waals surface area contributed by atoms with E-state index in [4.69, 9.17) is 4.74 Å². The van der Waals surface area contributed by atoms with Crippen molar-refractivity contribution in [2.75, 3.05) is 7.11 Å². The van der Waals surface area contributed by atoms with Gasteiger partial charge in [0.2, 0.25) is 0 Å². The minimum Gasteiger partial charge on any atom is -0.497 e. The third-order valence-electron chi connectivity index (χ3n) is 3.64. The maximum atomic E-state index is 14.4. The summed E-state index contributed by atoms with van der Waals surface area (Å²) >= 11 is 0. The molecule has 0 bridgehead atoms. The predicted octanol–water partition coefficient (Wildman–Crippen LogP) is 3.95. The molecule has 0 spiro atoms. The highest BCUT2D eigenvalue weighted by atomic mass is 19.1. The number of nitrogens with zero attached hydrogens (tertiary/aromatic N) is 1. The maximum absolute atomic E-state index is 14.4. The number of methoxy groups -OCH3 is 1. The normalized spacial score (nSPS) is 11.0. The molecule has 5 heteroatoms. The first-order valence-electron chi connectivity index (χ1n) is 7.17. The van der Waals surface area contributed by atoms with Crippen molar-refractivity contribution in [2.24, 2.45) is 0 Å². The van der Waals surface area contributed by atoms with Crippen LogP contribution in [-0.4, -0.2) is 11.7 Å². The molecule has 1 heterocycles. The van der Waals surface area contributed by atoms with Gasteiger partial charge in [-0.1, -0.05) is 19.9 Å². The van der Waals surface area contributed by atoms with Crippen molar-refractivity contribution in [3.05, 3.63) is 51.8 Å². The molecule has 2 aromatic rings. The number of aromatic nitrogens is 1. The molecule has 0 unspecified atom stereocenters. The van der Waals surface area contributed by atoms with Gasteiger partial charge in [0.1, 0.15) is 17.4 Å². The maximum Gasteiger partial charge on any atom is 0.251 e. The van der Waals surface area contributed by atoms with E-state index in [1.807, 2.05) is 13.8 Å². The summed E-state index contributed by atoms with van der Waals surface area (Å²) in [5.74, 6) is -1.36. The second kappa shape index (κ2) is 6.30. The highest BCUT2D eigenvalue weighted by Crippen LogP contribution is 2.34. The smallest absolute Gasteiger partial charge is 0.251 e. The Hall–Kier alpha value is -2.17. The zero-order chi connectivity index (χ0) is 16.4. The van der Waals surface area contributed by atoms with E-state index in [1.165, 1.54) is 17.7 Å². The van der Waals surface area contributed by atoms with Gasteiger partial charge in [-0.25, -0.2) is 8.78 Å². The molecule has 22 heavy (non-hydrogen) atoms. The van der Waals surface area contributed by atoms with E-state index in [-0.39, 0.29) is 22.8 Å². The summed E-state index contributed by atoms with van der Waals surface area (Å²) < 4.78 is 35.1. The quantitative estimate of drug-likeness (QED) is 0.856. The number of halogens is 2. The van der Waals surface area contributed by atoms with Crippen molar-refractivity contribution in [3.8, 4) is 17.0 Å². The highest BCUT2D eigenvalue weighted by Gasteiger charge is 2.21. The SMILES string of the molecule is CCn1c(-c2c(F)cc(OC)cc2F)c(C(C)C)ccc1=O. The van der Waals surface area contributed by atoms with Crippen molar-refractivity contribution >= 4 is 0 Å². The number of hydrogen-bond donors (Lipinski definition) is 0. The average Bonchev–Trinajstić information content (AvgIpc) is 2.46. The Labute approximate surface area is 128 Å². The highest BCUT2D eigenvalue weighted by molar-refractivity contribution is 5.67. The predicted molar refractivity (Wildman–Crippen MR) is 82.4 cm³/mol. The fourth-order valence-corrected chi connectivity index (χ4v) is 2.55. The third kappa shape index (κ3) is 2.75. The summed E-state index contributed by atoms with van der Waals surface area (Å²) in [5, 5.41) is 0. The van der Waals surface area contributed by atoms with Crippen LogP contribution in [0.15, 0.2) is 29.1 Å². The molecule has 1 aromatic heterocycles. The van der Waals surface area contributed by atoms with E-state index in [9.17, 15) is 13.6 Å². The molecular weight excluding hydrogens is 288 g/mol. The van der Waals surface area contributed by atoms with E-state index >= 15 is 0 Å². The number of benzene rings is 1. The van der Waals surface area contributed by atoms with Gasteiger partial charge in [-0.15, -0.1) is 0 Å². The Bertz CT molecular complexity index is 728. The Morgan fingerprint density at radius 1 is 1.18 bits per heavy atom. The Balaban J connectivity index is 2.87. The molecule has 0 aliphatic carbocycles. The van der Waals surface area contributed by atoms with Gasteiger partial charge in [0.25, 0.3) is 5.56 Å². The molecule has 1 aromatic carbocycles. The zero-order valence-electron chi connectivity index (χ0n) is 13.1. The first-order chi connectivity index (χ1) is 10.4. The molecule has 0 N–H and O–H groups in total. The van der Waals surface area contributed by atoms with Gasteiger partial charge >= 0.3 is 0 Å². The fourth-order valence-electron chi connectivity index (χ4n) is 2.55. The van der Waals surface area contributed by atoms with E-state index in [1.54, 1.807) is 13.0 Å². The van der Waals surface area contributed by atoms with Crippen molar-refractivity contribution in [3.63, 3.8) is 0 Å². The lowest BCUT2D eigenvalue weighted by Gasteiger charge is -2.19. The average molecular weight is 307 g/mol. The van der Waals surface area contributed by atoms with Crippen molar-refractivity contribution in [1.82, 2.24) is 4.57 Å². The Kier molecular flexibility index (Phi) is 4.64. The zero-order valence-corrected chi connectivity index (χ0v) is 13.1. The Morgan fingerprint density at radius 2 is 1.77 bits per heavy atom. The number of rotatable bonds is 4. The molecule has 0 fully saturated rings. The molecule has 2 rings (SSSR count). The molecule has 3 nitrogen and oxygen atoms in total. The van der Waals surface area contributed by atoms with Gasteiger partial charge in [-0.2, -0.15) is 0 Å². The first kappa shape index (κ1) is 16.2. The largest absolute Gasteiger partial charge is 0.497 e. The van der Waals surface area contributed by atoms with Crippen LogP contribution in [0, 0.1) is 11.6 Å². The third-order valence-corrected chi connectivity index (χ3v) is 3.64. The van der Waals surface area contributed by atoms with Crippen LogP contribution < -0.4 is 10.3 Å². The Morgan fingerprint density at radius 3 is 2.23 bits per heavy atom. The van der Waals surface area contributed by atoms with Gasteiger partial charge in [-0.05, 0) is 18.4 Å². The van der Waals surface area contributed by atoms with Crippen LogP contribution in [0.2, 0.25) is 0 Å². The van der Waals surface area contributed by atoms with E-state index in [0.717, 1.165) is 17.7 Å². The van der Waals surface area contributed by atoms with E-state index < -0.39 is 11.6 Å². The van der Waals surface area contributed by atoms with Gasteiger partial charge < -0.3 is 9.30 Å². The minimum atomic E-state index is -0.744. The van der Waals surface area contributed by atoms with Crippen LogP contribution in [0.5, 0.6) is 5.75 Å². The summed E-state index contributed by atoms with van der Waals surface area (Å²) in [6.07, 6.45) is 0. The summed E-state index contributed by atoms with van der Waals surface area (Å²) in [7, 11) is 1.35. The molecule has 0 atom stereocenters. The van der Waals surface area contributed by atoms with Gasteiger partial charge in [0.15, 0.2) is 0 Å². The lowest BCUT2D eigenvalue weighted by molar-refractivity contribution is 0.407. The van der Waals surface area contributed by atoms with Gasteiger partial charge in [-0.3, -0.25) is 4.79 Å². The van der Waals surface area contributed by atoms with Crippen LogP contribution in [-0.2, 0) is 6.54 Å². The van der Waals surface area contributed by atoms with Gasteiger partial charge in [0.05, 0.1) is 18.4 Å². The van der Waals surface area contributed by atoms with Crippen LogP contribution in [0.4, 0.5) is 8.78 Å². The standard InChI is InChI=1S/C17H19F2NO2/c1-5-20-15(21)7-6-12(10(2)3)17(20)16-13(18)8-11(22-4)9-14(16)19/h6-10H,5H2,1-4H3. The second-order valence-corrected chi connectivity index (χ2v) is 5.34. The molecule has 0 amide bonds. The lowest BCUT2D eigenvalue weighted by atomic mass is 9.96. The van der Waals surface area contributed by atoms with E-state index in [2.05, 4.69) is 0 Å². The minimum absolute atomic E-state index is 0.0225. The molecule has 0 saturated carbocycles. The van der Waals surface area contributed by atoms with Gasteiger partial charge in [0, 0.05) is 24.7 Å². The molecule has 118 valence electrons. The summed E-state index contributed by atoms with van der Waals surface area (Å²) in [5.41, 5.74) is 0.549. The molecule has 0 aliphatic heterocycles. The number of hydrogen-bond acceptors (Lipinski definition) is 2. The van der Waals surface area contributed by atoms with Crippen LogP contribution in [0.25, 0.3) is 11.3 Å². The summed E-state index contributed by atoms with van der Waals surface area (Å²) in [6.45, 7) is 5.94. The van der Waals surface area contributed by atoms with Crippen molar-refractivity contribution in [2.45, 2.75) is 33.2 Å². The molecular formula is C17H19F2NO2. The van der Waals surface area contributed by atoms with Crippen molar-refractivity contribution in [1.29, 1.82) is 0 Å². The lowest BCUT2D eigenvalue weighted by Crippen LogP contribution is -2.22. The summed E-state index contributed by atoms with van der Waals surface area (Å²) in [4.78, 5) is 12.1. The molecule has 0 saturated heterocycles. The fraction of sp³-hybridized carbons (Fsp3) is 0.353. The second-order valence-electron chi connectivity index (χ2n) is 5.34. The monoisotopic (exact) mass is 307 g/mol. The van der Waals surface area contributed by atoms with Crippen LogP contribution >= 0.6 is 0 Å². The molecule has 0 radical (unpaired) electrons. The number of ether oxygens (including phenoxy) is 1. The van der Waals surface area contributed by atoms with E-state index in [0.29, 0.717) is 12.2 Å². The van der Waals surface area contributed by atoms with Crippen LogP contribution in [0.3, 0.4) is 0 Å². The topological polar surface area (TPSA) is 31.2 Å². The van der Waals surface area contributed by atoms with Crippen LogP contribution in [0.1, 0.15) is 32.3 Å². The number of pyridine rings is 1. The summed E-state index contributed by atoms with van der Waals surface area (Å²) in [6, 6.07) is 5.32. The first-order valence-corrected chi connectivity index (χ1v) is 7.17. The molecule has 0 aliphatic rings.